The van der Waals surface area contributed by atoms with Gasteiger partial charge in [-0.1, -0.05) is 25.1 Å². The van der Waals surface area contributed by atoms with E-state index in [0.29, 0.717) is 23.7 Å². The number of hydrogen-bond acceptors (Lipinski definition) is 11. The molecule has 0 saturated carbocycles. The van der Waals surface area contributed by atoms with Gasteiger partial charge in [-0.3, -0.25) is 13.9 Å². The summed E-state index contributed by atoms with van der Waals surface area (Å²) < 4.78 is 53.7. The molecule has 0 aliphatic carbocycles. The summed E-state index contributed by atoms with van der Waals surface area (Å²) in [4.78, 5) is 25.6. The number of alkyl halides is 2. The number of esters is 1. The first kappa shape index (κ1) is 33.0. The maximum absolute atomic E-state index is 15.8. The summed E-state index contributed by atoms with van der Waals surface area (Å²) in [7, 11) is -4.36. The normalized spacial score (nSPS) is 24.2. The Labute approximate surface area is 254 Å². The molecule has 4 rings (SSSR count). The molecule has 2 aromatic heterocycles. The first-order chi connectivity index (χ1) is 20.4. The number of benzene rings is 1. The second kappa shape index (κ2) is 13.8. The van der Waals surface area contributed by atoms with Crippen LogP contribution in [-0.4, -0.2) is 79.6 Å². The lowest BCUT2D eigenvalue weighted by Crippen LogP contribution is -2.48. The van der Waals surface area contributed by atoms with Crippen molar-refractivity contribution in [3.8, 4) is 5.75 Å². The predicted molar refractivity (Wildman–Crippen MR) is 158 cm³/mol. The van der Waals surface area contributed by atoms with E-state index in [1.807, 2.05) is 6.92 Å². The zero-order valence-electron chi connectivity index (χ0n) is 24.6. The average Bonchev–Trinajstić information content (AvgIpc) is 3.49. The van der Waals surface area contributed by atoms with Gasteiger partial charge >= 0.3 is 13.7 Å². The number of nitrogens with one attached hydrogen (secondary N) is 2. The largest absolute Gasteiger partial charge is 0.462 e. The Morgan fingerprint density at radius 3 is 2.65 bits per heavy atom. The number of imidazole rings is 1. The molecule has 0 spiro atoms. The van der Waals surface area contributed by atoms with E-state index in [0.717, 1.165) is 6.42 Å². The highest BCUT2D eigenvalue weighted by molar-refractivity contribution is 7.52. The molecule has 236 valence electrons. The van der Waals surface area contributed by atoms with Crippen LogP contribution in [-0.2, 0) is 23.4 Å². The van der Waals surface area contributed by atoms with E-state index in [1.54, 1.807) is 39.0 Å². The highest BCUT2D eigenvalue weighted by atomic mass is 35.5. The number of fused-ring (bicyclic) bond motifs is 1. The standard InChI is InChI=1S/C27H37ClFN6O7P/c1-6-12-30-23-21-24(33-18(5)32-23)35(15-31-21)25-20(29)22(36)27(13-28,41-25)14-39-43(38,42-19-10-8-7-9-11-19)34-17(4)26(37)40-16(2)3/h7-11,15-17,20,22,25,36H,6,12-14H2,1-5H3,(H,34,38)(H,30,32,33)/t17-,20+,22-,25+,27+,43?/m0/s1. The Morgan fingerprint density at radius 2 is 2.00 bits per heavy atom. The summed E-state index contributed by atoms with van der Waals surface area (Å²) in [6, 6.07) is 7.01. The summed E-state index contributed by atoms with van der Waals surface area (Å²) in [5, 5.41) is 16.8. The molecular weight excluding hydrogens is 606 g/mol. The van der Waals surface area contributed by atoms with Crippen molar-refractivity contribution in [1.29, 1.82) is 0 Å². The molecule has 0 bridgehead atoms. The fraction of sp³-hybridized carbons (Fsp3) is 0.556. The van der Waals surface area contributed by atoms with Gasteiger partial charge in [0.1, 0.15) is 29.3 Å². The Kier molecular flexibility index (Phi) is 10.6. The maximum atomic E-state index is 15.8. The lowest BCUT2D eigenvalue weighted by Gasteiger charge is -2.31. The molecule has 16 heteroatoms. The molecule has 0 amide bonds. The van der Waals surface area contributed by atoms with Gasteiger partial charge in [0.25, 0.3) is 0 Å². The molecule has 0 radical (unpaired) electrons. The zero-order valence-corrected chi connectivity index (χ0v) is 26.2. The molecule has 3 heterocycles. The van der Waals surface area contributed by atoms with Crippen molar-refractivity contribution < 1.29 is 37.4 Å². The van der Waals surface area contributed by atoms with Crippen LogP contribution < -0.4 is 14.9 Å². The van der Waals surface area contributed by atoms with Crippen molar-refractivity contribution in [2.75, 3.05) is 24.3 Å². The van der Waals surface area contributed by atoms with Crippen LogP contribution >= 0.6 is 19.3 Å². The molecular formula is C27H37ClFN6O7P. The van der Waals surface area contributed by atoms with Gasteiger partial charge in [-0.05, 0) is 46.2 Å². The van der Waals surface area contributed by atoms with Crippen LogP contribution in [0.3, 0.4) is 0 Å². The number of aliphatic hydroxyl groups is 1. The van der Waals surface area contributed by atoms with Gasteiger partial charge in [0, 0.05) is 6.54 Å². The van der Waals surface area contributed by atoms with Crippen molar-refractivity contribution in [3.63, 3.8) is 0 Å². The summed E-state index contributed by atoms with van der Waals surface area (Å²) in [5.41, 5.74) is -1.18. The molecule has 1 aliphatic rings. The summed E-state index contributed by atoms with van der Waals surface area (Å²) in [6.45, 7) is 8.45. The summed E-state index contributed by atoms with van der Waals surface area (Å²) >= 11 is 6.26. The number of halogens is 2. The van der Waals surface area contributed by atoms with E-state index in [4.69, 9.17) is 30.1 Å². The lowest BCUT2D eigenvalue weighted by atomic mass is 9.99. The second-order valence-corrected chi connectivity index (χ2v) is 12.4. The topological polar surface area (TPSA) is 159 Å². The van der Waals surface area contributed by atoms with E-state index in [1.165, 1.54) is 30.0 Å². The third-order valence-electron chi connectivity index (χ3n) is 6.55. The Hall–Kier alpha value is -2.87. The molecule has 1 aromatic carbocycles. The van der Waals surface area contributed by atoms with Gasteiger partial charge in [-0.2, -0.15) is 5.09 Å². The smallest absolute Gasteiger partial charge is 0.459 e. The molecule has 43 heavy (non-hydrogen) atoms. The van der Waals surface area contributed by atoms with Crippen molar-refractivity contribution in [2.45, 2.75) is 77.3 Å². The Balaban J connectivity index is 1.60. The van der Waals surface area contributed by atoms with Gasteiger partial charge < -0.3 is 24.4 Å². The van der Waals surface area contributed by atoms with Crippen molar-refractivity contribution in [3.05, 3.63) is 42.5 Å². The number of para-hydroxylation sites is 1. The SMILES string of the molecule is CCCNc1nc(C)nc2c1ncn2[C@@H]1O[C@](CCl)(COP(=O)(N[C@@H](C)C(=O)OC(C)C)Oc2ccccc2)[C@@H](O)[C@H]1F. The maximum Gasteiger partial charge on any atom is 0.459 e. The average molecular weight is 643 g/mol. The van der Waals surface area contributed by atoms with Crippen LogP contribution in [0, 0.1) is 6.92 Å². The molecule has 6 atom stereocenters. The number of aliphatic hydroxyl groups excluding tert-OH is 1. The third kappa shape index (κ3) is 7.44. The number of hydrogen-bond donors (Lipinski definition) is 3. The van der Waals surface area contributed by atoms with Crippen LogP contribution in [0.15, 0.2) is 36.7 Å². The van der Waals surface area contributed by atoms with Gasteiger partial charge in [0.15, 0.2) is 29.4 Å². The van der Waals surface area contributed by atoms with Crippen molar-refractivity contribution in [1.82, 2.24) is 24.6 Å². The minimum Gasteiger partial charge on any atom is -0.462 e. The predicted octanol–water partition coefficient (Wildman–Crippen LogP) is 4.30. The molecule has 13 nitrogen and oxygen atoms in total. The Morgan fingerprint density at radius 1 is 1.28 bits per heavy atom. The fourth-order valence-electron chi connectivity index (χ4n) is 4.41. The molecule has 1 aliphatic heterocycles. The van der Waals surface area contributed by atoms with Crippen LogP contribution in [0.1, 0.15) is 46.2 Å². The van der Waals surface area contributed by atoms with Crippen molar-refractivity contribution in [2.24, 2.45) is 0 Å². The quantitative estimate of drug-likeness (QED) is 0.130. The van der Waals surface area contributed by atoms with E-state index in [9.17, 15) is 14.5 Å². The van der Waals surface area contributed by atoms with Crippen LogP contribution in [0.25, 0.3) is 11.2 Å². The van der Waals surface area contributed by atoms with E-state index in [2.05, 4.69) is 25.4 Å². The number of carbonyl (C=O) groups is 1. The van der Waals surface area contributed by atoms with Crippen LogP contribution in [0.2, 0.25) is 0 Å². The lowest BCUT2D eigenvalue weighted by molar-refractivity contribution is -0.149. The molecule has 1 saturated heterocycles. The van der Waals surface area contributed by atoms with Crippen LogP contribution in [0.4, 0.5) is 10.2 Å². The molecule has 1 unspecified atom stereocenters. The van der Waals surface area contributed by atoms with E-state index >= 15 is 4.39 Å². The number of nitrogens with zero attached hydrogens (tertiary/aromatic N) is 4. The monoisotopic (exact) mass is 642 g/mol. The Bertz CT molecular complexity index is 1450. The number of ether oxygens (including phenoxy) is 2. The summed E-state index contributed by atoms with van der Waals surface area (Å²) in [6.07, 6.45) is -3.43. The highest BCUT2D eigenvalue weighted by Gasteiger charge is 2.57. The van der Waals surface area contributed by atoms with Gasteiger partial charge in [0.05, 0.1) is 24.9 Å². The molecule has 1 fully saturated rings. The zero-order chi connectivity index (χ0) is 31.4. The van der Waals surface area contributed by atoms with Gasteiger partial charge in [-0.15, -0.1) is 11.6 Å². The van der Waals surface area contributed by atoms with Crippen molar-refractivity contribution >= 4 is 42.3 Å². The minimum atomic E-state index is -4.36. The number of anilines is 1. The van der Waals surface area contributed by atoms with E-state index < -0.39 is 62.5 Å². The van der Waals surface area contributed by atoms with Gasteiger partial charge in [0.2, 0.25) is 0 Å². The number of aryl methyl sites for hydroxylation is 1. The number of aromatic nitrogens is 4. The third-order valence-corrected chi connectivity index (χ3v) is 8.63. The fourth-order valence-corrected chi connectivity index (χ4v) is 6.25. The van der Waals surface area contributed by atoms with E-state index in [-0.39, 0.29) is 11.4 Å². The highest BCUT2D eigenvalue weighted by Crippen LogP contribution is 2.49. The molecule has 3 aromatic rings. The summed E-state index contributed by atoms with van der Waals surface area (Å²) in [5.74, 6) is -0.0568. The van der Waals surface area contributed by atoms with Gasteiger partial charge in [-0.25, -0.2) is 23.9 Å². The number of carbonyl (C=O) groups excluding carboxylic acids is 1. The molecule has 3 N–H and O–H groups in total. The first-order valence-corrected chi connectivity index (χ1v) is 16.0. The minimum absolute atomic E-state index is 0.171. The second-order valence-electron chi connectivity index (χ2n) is 10.5. The van der Waals surface area contributed by atoms with Crippen LogP contribution in [0.5, 0.6) is 5.75 Å². The number of rotatable bonds is 14. The first-order valence-electron chi connectivity index (χ1n) is 13.9.